The number of piperidine rings is 2. The molecule has 6 heterocycles. The topological polar surface area (TPSA) is 71.0 Å². The van der Waals surface area contributed by atoms with Crippen LogP contribution in [0.25, 0.3) is 11.0 Å². The Morgan fingerprint density at radius 3 is 1.11 bits per heavy atom. The molecule has 0 N–H and O–H groups in total. The number of nitrogens with zero attached hydrogens (tertiary/aromatic N) is 10. The first kappa shape index (κ1) is 23.9. The van der Waals surface area contributed by atoms with Crippen LogP contribution in [0.3, 0.4) is 0 Å². The Labute approximate surface area is 215 Å². The summed E-state index contributed by atoms with van der Waals surface area (Å²) in [6, 6.07) is 0. The van der Waals surface area contributed by atoms with E-state index in [-0.39, 0.29) is 0 Å². The Hall–Kier alpha value is -2.46. The zero-order valence-electron chi connectivity index (χ0n) is 22.2. The number of piperazine rings is 2. The molecule has 4 aliphatic rings. The lowest BCUT2D eigenvalue weighted by molar-refractivity contribution is 0.311. The van der Waals surface area contributed by atoms with Crippen molar-refractivity contribution in [2.24, 2.45) is 0 Å². The molecular formula is C26H42N10. The van der Waals surface area contributed by atoms with Crippen LogP contribution in [0.2, 0.25) is 0 Å². The average Bonchev–Trinajstić information content (AvgIpc) is 2.93. The lowest BCUT2D eigenvalue weighted by atomic mass is 10.1. The van der Waals surface area contributed by atoms with E-state index < -0.39 is 0 Å². The van der Waals surface area contributed by atoms with Crippen molar-refractivity contribution >= 4 is 34.6 Å². The highest BCUT2D eigenvalue weighted by molar-refractivity contribution is 5.95. The molecular weight excluding hydrogens is 452 g/mol. The van der Waals surface area contributed by atoms with Crippen LogP contribution < -0.4 is 19.6 Å². The number of rotatable bonds is 4. The summed E-state index contributed by atoms with van der Waals surface area (Å²) in [4.78, 5) is 35.4. The molecule has 4 saturated heterocycles. The van der Waals surface area contributed by atoms with Crippen molar-refractivity contribution in [2.45, 2.75) is 38.5 Å². The van der Waals surface area contributed by atoms with Crippen molar-refractivity contribution in [1.29, 1.82) is 0 Å². The van der Waals surface area contributed by atoms with Gasteiger partial charge in [0.25, 0.3) is 0 Å². The minimum Gasteiger partial charge on any atom is -0.355 e. The van der Waals surface area contributed by atoms with Crippen molar-refractivity contribution < 1.29 is 0 Å². The molecule has 0 amide bonds. The summed E-state index contributed by atoms with van der Waals surface area (Å²) in [7, 11) is 4.39. The van der Waals surface area contributed by atoms with Gasteiger partial charge in [-0.1, -0.05) is 0 Å². The Morgan fingerprint density at radius 2 is 0.750 bits per heavy atom. The van der Waals surface area contributed by atoms with E-state index >= 15 is 0 Å². The highest BCUT2D eigenvalue weighted by atomic mass is 15.4. The van der Waals surface area contributed by atoms with E-state index in [1.54, 1.807) is 0 Å². The van der Waals surface area contributed by atoms with Gasteiger partial charge in [-0.05, 0) is 52.6 Å². The van der Waals surface area contributed by atoms with Crippen LogP contribution in [0.15, 0.2) is 0 Å². The lowest BCUT2D eigenvalue weighted by Crippen LogP contribution is -2.46. The highest BCUT2D eigenvalue weighted by Crippen LogP contribution is 2.35. The Bertz CT molecular complexity index is 949. The maximum atomic E-state index is 5.24. The third-order valence-corrected chi connectivity index (χ3v) is 8.37. The van der Waals surface area contributed by atoms with Crippen LogP contribution in [0.1, 0.15) is 38.5 Å². The predicted molar refractivity (Wildman–Crippen MR) is 147 cm³/mol. The Balaban J connectivity index is 1.49. The van der Waals surface area contributed by atoms with Gasteiger partial charge in [-0.3, -0.25) is 0 Å². The normalized spacial score (nSPS) is 23.1. The Morgan fingerprint density at radius 1 is 0.389 bits per heavy atom. The standard InChI is InChI=1S/C26H42N10/c1-31-13-17-35(18-14-31)25-27-21-22(23(29-25)33-9-5-3-6-10-33)28-26(36-19-15-32(2)16-20-36)30-24(21)34-11-7-4-8-12-34/h3-20H2,1-2H3. The molecule has 4 fully saturated rings. The van der Waals surface area contributed by atoms with Gasteiger partial charge < -0.3 is 29.4 Å². The first-order chi connectivity index (χ1) is 17.7. The maximum absolute atomic E-state index is 5.24. The first-order valence-electron chi connectivity index (χ1n) is 14.1. The smallest absolute Gasteiger partial charge is 0.228 e. The molecule has 6 rings (SSSR count). The molecule has 10 heteroatoms. The van der Waals surface area contributed by atoms with Gasteiger partial charge in [0, 0.05) is 78.5 Å². The van der Waals surface area contributed by atoms with Gasteiger partial charge in [0.15, 0.2) is 11.6 Å². The fourth-order valence-electron chi connectivity index (χ4n) is 5.91. The Kier molecular flexibility index (Phi) is 6.97. The van der Waals surface area contributed by atoms with Crippen molar-refractivity contribution in [3.63, 3.8) is 0 Å². The summed E-state index contributed by atoms with van der Waals surface area (Å²) >= 11 is 0. The second kappa shape index (κ2) is 10.5. The molecule has 36 heavy (non-hydrogen) atoms. The summed E-state index contributed by atoms with van der Waals surface area (Å²) in [5.41, 5.74) is 1.89. The molecule has 2 aromatic rings. The van der Waals surface area contributed by atoms with Crippen LogP contribution in [-0.4, -0.2) is 122 Å². The highest BCUT2D eigenvalue weighted by Gasteiger charge is 2.28. The molecule has 0 aromatic carbocycles. The molecule has 0 spiro atoms. The molecule has 0 radical (unpaired) electrons. The molecule has 0 saturated carbocycles. The largest absolute Gasteiger partial charge is 0.355 e. The molecule has 0 bridgehead atoms. The molecule has 10 nitrogen and oxygen atoms in total. The summed E-state index contributed by atoms with van der Waals surface area (Å²) in [5, 5.41) is 0. The van der Waals surface area contributed by atoms with Gasteiger partial charge in [-0.15, -0.1) is 0 Å². The third kappa shape index (κ3) is 4.89. The van der Waals surface area contributed by atoms with Crippen LogP contribution in [0.4, 0.5) is 23.5 Å². The minimum atomic E-state index is 0.852. The summed E-state index contributed by atoms with van der Waals surface area (Å²) in [6.45, 7) is 12.2. The second-order valence-corrected chi connectivity index (χ2v) is 11.1. The van der Waals surface area contributed by atoms with Crippen molar-refractivity contribution in [2.75, 3.05) is 112 Å². The van der Waals surface area contributed by atoms with E-state index in [0.29, 0.717) is 0 Å². The number of aromatic nitrogens is 4. The molecule has 0 atom stereocenters. The lowest BCUT2D eigenvalue weighted by Gasteiger charge is -2.36. The van der Waals surface area contributed by atoms with Gasteiger partial charge in [-0.25, -0.2) is 9.97 Å². The van der Waals surface area contributed by atoms with Crippen LogP contribution in [-0.2, 0) is 0 Å². The second-order valence-electron chi connectivity index (χ2n) is 11.1. The number of hydrogen-bond donors (Lipinski definition) is 0. The zero-order valence-corrected chi connectivity index (χ0v) is 22.2. The predicted octanol–water partition coefficient (Wildman–Crippen LogP) is 1.90. The molecule has 2 aromatic heterocycles. The SMILES string of the molecule is CN1CCN(c2nc(N3CCCCC3)c3nc(N4CCN(C)CC4)nc(N4CCCCC4)c3n2)CC1. The summed E-state index contributed by atoms with van der Waals surface area (Å²) < 4.78 is 0. The van der Waals surface area contributed by atoms with Gasteiger partial charge in [0.05, 0.1) is 0 Å². The van der Waals surface area contributed by atoms with Crippen molar-refractivity contribution in [3.05, 3.63) is 0 Å². The number of anilines is 4. The molecule has 0 aliphatic carbocycles. The molecule has 0 unspecified atom stereocenters. The fourth-order valence-corrected chi connectivity index (χ4v) is 5.91. The quantitative estimate of drug-likeness (QED) is 0.629. The average molecular weight is 495 g/mol. The van der Waals surface area contributed by atoms with Gasteiger partial charge in [0.1, 0.15) is 11.0 Å². The van der Waals surface area contributed by atoms with E-state index in [1.165, 1.54) is 38.5 Å². The maximum Gasteiger partial charge on any atom is 0.228 e. The van der Waals surface area contributed by atoms with E-state index in [2.05, 4.69) is 43.5 Å². The van der Waals surface area contributed by atoms with Crippen molar-refractivity contribution in [1.82, 2.24) is 29.7 Å². The number of likely N-dealkylation sites (N-methyl/N-ethyl adjacent to an activating group) is 2. The van der Waals surface area contributed by atoms with Gasteiger partial charge in [0.2, 0.25) is 11.9 Å². The van der Waals surface area contributed by atoms with Gasteiger partial charge >= 0.3 is 0 Å². The number of fused-ring (bicyclic) bond motifs is 1. The number of hydrogen-bond acceptors (Lipinski definition) is 10. The summed E-state index contributed by atoms with van der Waals surface area (Å²) in [6.07, 6.45) is 7.45. The van der Waals surface area contributed by atoms with Gasteiger partial charge in [-0.2, -0.15) is 9.97 Å². The summed E-state index contributed by atoms with van der Waals surface area (Å²) in [5.74, 6) is 3.74. The first-order valence-corrected chi connectivity index (χ1v) is 14.1. The van der Waals surface area contributed by atoms with E-state index in [4.69, 9.17) is 19.9 Å². The fraction of sp³-hybridized carbons (Fsp3) is 0.769. The van der Waals surface area contributed by atoms with E-state index in [1.807, 2.05) is 0 Å². The van der Waals surface area contributed by atoms with Crippen LogP contribution in [0, 0.1) is 0 Å². The van der Waals surface area contributed by atoms with E-state index in [0.717, 1.165) is 113 Å². The van der Waals surface area contributed by atoms with Crippen LogP contribution in [0.5, 0.6) is 0 Å². The monoisotopic (exact) mass is 494 g/mol. The molecule has 196 valence electrons. The zero-order chi connectivity index (χ0) is 24.5. The third-order valence-electron chi connectivity index (χ3n) is 8.37. The molecule has 4 aliphatic heterocycles. The minimum absolute atomic E-state index is 0.852. The van der Waals surface area contributed by atoms with Crippen LogP contribution >= 0.6 is 0 Å². The van der Waals surface area contributed by atoms with E-state index in [9.17, 15) is 0 Å². The van der Waals surface area contributed by atoms with Crippen molar-refractivity contribution in [3.8, 4) is 0 Å².